The van der Waals surface area contributed by atoms with E-state index in [0.29, 0.717) is 12.0 Å². The van der Waals surface area contributed by atoms with Gasteiger partial charge >= 0.3 is 0 Å². The van der Waals surface area contributed by atoms with Crippen LogP contribution in [0.15, 0.2) is 24.3 Å². The lowest BCUT2D eigenvalue weighted by molar-refractivity contribution is -0.119. The molecule has 0 atom stereocenters. The van der Waals surface area contributed by atoms with Crippen LogP contribution in [-0.2, 0) is 4.79 Å². The van der Waals surface area contributed by atoms with E-state index in [1.807, 2.05) is 12.1 Å². The largest absolute Gasteiger partial charge is 0.345 e. The first-order valence-corrected chi connectivity index (χ1v) is 6.21. The first-order valence-electron chi connectivity index (χ1n) is 6.21. The summed E-state index contributed by atoms with van der Waals surface area (Å²) in [7, 11) is 3.45. The Kier molecular flexibility index (Phi) is 3.65. The van der Waals surface area contributed by atoms with E-state index in [1.54, 1.807) is 36.0 Å². The van der Waals surface area contributed by atoms with Crippen LogP contribution in [0.2, 0.25) is 0 Å². The van der Waals surface area contributed by atoms with E-state index in [0.717, 1.165) is 25.1 Å². The molecule has 4 nitrogen and oxygen atoms in total. The van der Waals surface area contributed by atoms with Crippen molar-refractivity contribution in [3.8, 4) is 0 Å². The number of benzene rings is 1. The highest BCUT2D eigenvalue weighted by atomic mass is 16.2. The third-order valence-electron chi connectivity index (χ3n) is 3.16. The highest BCUT2D eigenvalue weighted by molar-refractivity contribution is 5.96. The maximum absolute atomic E-state index is 11.8. The number of amides is 2. The molecule has 0 aliphatic carbocycles. The fourth-order valence-electron chi connectivity index (χ4n) is 2.12. The first-order chi connectivity index (χ1) is 8.59. The molecular weight excluding hydrogens is 228 g/mol. The van der Waals surface area contributed by atoms with Gasteiger partial charge in [-0.05, 0) is 37.1 Å². The molecule has 1 saturated heterocycles. The van der Waals surface area contributed by atoms with E-state index in [-0.39, 0.29) is 11.8 Å². The van der Waals surface area contributed by atoms with Crippen molar-refractivity contribution >= 4 is 17.5 Å². The minimum Gasteiger partial charge on any atom is -0.345 e. The summed E-state index contributed by atoms with van der Waals surface area (Å²) >= 11 is 0. The summed E-state index contributed by atoms with van der Waals surface area (Å²) in [5.41, 5.74) is 1.53. The van der Waals surface area contributed by atoms with Crippen LogP contribution in [0.4, 0.5) is 5.69 Å². The highest BCUT2D eigenvalue weighted by Crippen LogP contribution is 2.21. The minimum atomic E-state index is -0.0217. The monoisotopic (exact) mass is 246 g/mol. The van der Waals surface area contributed by atoms with Crippen LogP contribution in [0.1, 0.15) is 29.6 Å². The average molecular weight is 246 g/mol. The van der Waals surface area contributed by atoms with Crippen molar-refractivity contribution < 1.29 is 9.59 Å². The maximum atomic E-state index is 11.8. The number of rotatable bonds is 2. The van der Waals surface area contributed by atoms with Crippen molar-refractivity contribution in [3.05, 3.63) is 29.8 Å². The van der Waals surface area contributed by atoms with Gasteiger partial charge in [0.25, 0.3) is 5.91 Å². The van der Waals surface area contributed by atoms with Gasteiger partial charge in [-0.25, -0.2) is 0 Å². The lowest BCUT2D eigenvalue weighted by atomic mass is 10.1. The first kappa shape index (κ1) is 12.6. The van der Waals surface area contributed by atoms with E-state index < -0.39 is 0 Å². The summed E-state index contributed by atoms with van der Waals surface area (Å²) in [6.07, 6.45) is 2.65. The Labute approximate surface area is 107 Å². The molecule has 2 rings (SSSR count). The van der Waals surface area contributed by atoms with Crippen LogP contribution in [0.3, 0.4) is 0 Å². The van der Waals surface area contributed by atoms with Crippen molar-refractivity contribution in [2.75, 3.05) is 25.5 Å². The van der Waals surface area contributed by atoms with E-state index in [9.17, 15) is 9.59 Å². The third-order valence-corrected chi connectivity index (χ3v) is 3.16. The molecular formula is C14H18N2O2. The summed E-state index contributed by atoms with van der Waals surface area (Å²) in [6.45, 7) is 0.778. The van der Waals surface area contributed by atoms with Gasteiger partial charge in [-0.3, -0.25) is 9.59 Å². The predicted octanol–water partition coefficient (Wildman–Crippen LogP) is 1.91. The Hall–Kier alpha value is -1.84. The number of hydrogen-bond donors (Lipinski definition) is 0. The van der Waals surface area contributed by atoms with Gasteiger partial charge in [0.2, 0.25) is 5.91 Å². The zero-order valence-corrected chi connectivity index (χ0v) is 10.8. The van der Waals surface area contributed by atoms with Gasteiger partial charge in [-0.2, -0.15) is 0 Å². The molecule has 96 valence electrons. The van der Waals surface area contributed by atoms with Gasteiger partial charge in [0.05, 0.1) is 0 Å². The van der Waals surface area contributed by atoms with Gasteiger partial charge < -0.3 is 9.80 Å². The van der Waals surface area contributed by atoms with Crippen LogP contribution < -0.4 is 4.90 Å². The normalized spacial score (nSPS) is 15.7. The maximum Gasteiger partial charge on any atom is 0.253 e. The van der Waals surface area contributed by atoms with Crippen LogP contribution in [0.25, 0.3) is 0 Å². The Bertz CT molecular complexity index is 451. The SMILES string of the molecule is CN(C)C(=O)c1ccc(N2CCCCC2=O)cc1. The molecule has 4 heteroatoms. The second-order valence-corrected chi connectivity index (χ2v) is 4.75. The highest BCUT2D eigenvalue weighted by Gasteiger charge is 2.19. The van der Waals surface area contributed by atoms with Gasteiger partial charge in [-0.15, -0.1) is 0 Å². The summed E-state index contributed by atoms with van der Waals surface area (Å²) in [4.78, 5) is 26.9. The smallest absolute Gasteiger partial charge is 0.253 e. The molecule has 0 unspecified atom stereocenters. The fourth-order valence-corrected chi connectivity index (χ4v) is 2.12. The van der Waals surface area contributed by atoms with Crippen LogP contribution in [0, 0.1) is 0 Å². The topological polar surface area (TPSA) is 40.6 Å². The summed E-state index contributed by atoms with van der Waals surface area (Å²) < 4.78 is 0. The van der Waals surface area contributed by atoms with E-state index in [1.165, 1.54) is 0 Å². The van der Waals surface area contributed by atoms with E-state index in [2.05, 4.69) is 0 Å². The van der Waals surface area contributed by atoms with Crippen molar-refractivity contribution in [1.82, 2.24) is 4.90 Å². The second-order valence-electron chi connectivity index (χ2n) is 4.75. The molecule has 1 aromatic carbocycles. The fraction of sp³-hybridized carbons (Fsp3) is 0.429. The van der Waals surface area contributed by atoms with Gasteiger partial charge in [0.15, 0.2) is 0 Å². The van der Waals surface area contributed by atoms with E-state index in [4.69, 9.17) is 0 Å². The molecule has 1 aromatic rings. The second kappa shape index (κ2) is 5.21. The van der Waals surface area contributed by atoms with Crippen molar-refractivity contribution in [2.45, 2.75) is 19.3 Å². The summed E-state index contributed by atoms with van der Waals surface area (Å²) in [5.74, 6) is 0.152. The quantitative estimate of drug-likeness (QED) is 0.799. The molecule has 0 saturated carbocycles. The molecule has 1 aliphatic heterocycles. The molecule has 0 aromatic heterocycles. The summed E-state index contributed by atoms with van der Waals surface area (Å²) in [5, 5.41) is 0. The lowest BCUT2D eigenvalue weighted by Crippen LogP contribution is -2.35. The van der Waals surface area contributed by atoms with Crippen LogP contribution in [0.5, 0.6) is 0 Å². The number of nitrogens with zero attached hydrogens (tertiary/aromatic N) is 2. The molecule has 0 radical (unpaired) electrons. The van der Waals surface area contributed by atoms with Crippen molar-refractivity contribution in [3.63, 3.8) is 0 Å². The predicted molar refractivity (Wildman–Crippen MR) is 70.7 cm³/mol. The number of piperidine rings is 1. The number of hydrogen-bond acceptors (Lipinski definition) is 2. The Morgan fingerprint density at radius 3 is 2.39 bits per heavy atom. The molecule has 0 bridgehead atoms. The van der Waals surface area contributed by atoms with Gasteiger partial charge in [-0.1, -0.05) is 0 Å². The lowest BCUT2D eigenvalue weighted by Gasteiger charge is -2.26. The molecule has 2 amide bonds. The molecule has 1 fully saturated rings. The Morgan fingerprint density at radius 1 is 1.17 bits per heavy atom. The molecule has 1 heterocycles. The Morgan fingerprint density at radius 2 is 1.83 bits per heavy atom. The van der Waals surface area contributed by atoms with E-state index >= 15 is 0 Å². The Balaban J connectivity index is 2.16. The third kappa shape index (κ3) is 2.53. The minimum absolute atomic E-state index is 0.0217. The van der Waals surface area contributed by atoms with Crippen molar-refractivity contribution in [1.29, 1.82) is 0 Å². The van der Waals surface area contributed by atoms with Gasteiger partial charge in [0.1, 0.15) is 0 Å². The number of anilines is 1. The average Bonchev–Trinajstić information content (AvgIpc) is 2.38. The number of carbonyl (C=O) groups excluding carboxylic acids is 2. The standard InChI is InChI=1S/C14H18N2O2/c1-15(2)14(18)11-6-8-12(9-7-11)16-10-4-3-5-13(16)17/h6-9H,3-5,10H2,1-2H3. The van der Waals surface area contributed by atoms with Gasteiger partial charge in [0, 0.05) is 38.3 Å². The number of carbonyl (C=O) groups is 2. The molecule has 0 spiro atoms. The molecule has 0 N–H and O–H groups in total. The summed E-state index contributed by atoms with van der Waals surface area (Å²) in [6, 6.07) is 7.25. The van der Waals surface area contributed by atoms with Crippen molar-refractivity contribution in [2.24, 2.45) is 0 Å². The van der Waals surface area contributed by atoms with Crippen LogP contribution >= 0.6 is 0 Å². The zero-order chi connectivity index (χ0) is 13.1. The molecule has 18 heavy (non-hydrogen) atoms. The zero-order valence-electron chi connectivity index (χ0n) is 10.8. The molecule has 1 aliphatic rings. The van der Waals surface area contributed by atoms with Crippen LogP contribution in [-0.4, -0.2) is 37.4 Å².